The fourth-order valence-electron chi connectivity index (χ4n) is 2.09. The van der Waals surface area contributed by atoms with Gasteiger partial charge in [-0.05, 0) is 28.1 Å². The molecule has 0 bridgehead atoms. The van der Waals surface area contributed by atoms with Crippen LogP contribution in [0, 0.1) is 0 Å². The summed E-state index contributed by atoms with van der Waals surface area (Å²) in [6, 6.07) is 2.89. The van der Waals surface area contributed by atoms with Crippen LogP contribution in [0.5, 0.6) is 0 Å². The van der Waals surface area contributed by atoms with Crippen LogP contribution < -0.4 is 0 Å². The molecule has 0 radical (unpaired) electrons. The second kappa shape index (κ2) is 4.37. The number of rotatable bonds is 2. The molecule has 0 spiro atoms. The second-order valence-electron chi connectivity index (χ2n) is 4.29. The van der Waals surface area contributed by atoms with E-state index in [-0.39, 0.29) is 30.2 Å². The summed E-state index contributed by atoms with van der Waals surface area (Å²) in [7, 11) is 0. The van der Waals surface area contributed by atoms with Gasteiger partial charge in [0.05, 0.1) is 6.04 Å². The Kier molecular flexibility index (Phi) is 2.81. The lowest BCUT2D eigenvalue weighted by Gasteiger charge is -2.41. The van der Waals surface area contributed by atoms with Gasteiger partial charge in [-0.15, -0.1) is 0 Å². The molecule has 7 nitrogen and oxygen atoms in total. The van der Waals surface area contributed by atoms with Crippen molar-refractivity contribution in [3.05, 3.63) is 22.6 Å². The molecule has 100 valence electrons. The lowest BCUT2D eigenvalue weighted by molar-refractivity contribution is -0.129. The van der Waals surface area contributed by atoms with Crippen LogP contribution in [0.15, 0.2) is 21.2 Å². The Hall–Kier alpha value is -1.83. The lowest BCUT2D eigenvalue weighted by atomic mass is 10.1. The third-order valence-corrected chi connectivity index (χ3v) is 3.51. The van der Waals surface area contributed by atoms with Gasteiger partial charge >= 0.3 is 6.09 Å². The molecule has 0 N–H and O–H groups in total. The summed E-state index contributed by atoms with van der Waals surface area (Å²) in [5, 5.41) is 0. The van der Waals surface area contributed by atoms with Crippen LogP contribution in [0.1, 0.15) is 10.6 Å². The van der Waals surface area contributed by atoms with Crippen molar-refractivity contribution in [2.45, 2.75) is 6.04 Å². The van der Waals surface area contributed by atoms with E-state index in [1.807, 2.05) is 0 Å². The fourth-order valence-corrected chi connectivity index (χ4v) is 2.39. The van der Waals surface area contributed by atoms with Gasteiger partial charge in [-0.2, -0.15) is 0 Å². The maximum absolute atomic E-state index is 12.0. The zero-order chi connectivity index (χ0) is 13.6. The third kappa shape index (κ3) is 2.01. The molecular formula is C11H9BrN2O5. The van der Waals surface area contributed by atoms with Crippen LogP contribution in [-0.2, 0) is 9.53 Å². The standard InChI is InChI=1S/C11H9BrN2O5/c12-8-2-1-7(19-8)10(16)13-3-6(4-13)14-9(15)5-18-11(14)17/h1-2,6H,3-5H2. The molecule has 1 aromatic rings. The van der Waals surface area contributed by atoms with Crippen molar-refractivity contribution in [2.24, 2.45) is 0 Å². The highest BCUT2D eigenvalue weighted by atomic mass is 79.9. The van der Waals surface area contributed by atoms with Gasteiger partial charge in [0.1, 0.15) is 0 Å². The molecule has 3 heterocycles. The average Bonchev–Trinajstić information content (AvgIpc) is 2.87. The molecule has 2 saturated heterocycles. The van der Waals surface area contributed by atoms with Crippen molar-refractivity contribution in [2.75, 3.05) is 19.7 Å². The Morgan fingerprint density at radius 3 is 2.58 bits per heavy atom. The topological polar surface area (TPSA) is 80.1 Å². The quantitative estimate of drug-likeness (QED) is 0.803. The monoisotopic (exact) mass is 328 g/mol. The molecule has 3 rings (SSSR count). The van der Waals surface area contributed by atoms with Crippen LogP contribution in [0.2, 0.25) is 0 Å². The number of cyclic esters (lactones) is 1. The first kappa shape index (κ1) is 12.2. The second-order valence-corrected chi connectivity index (χ2v) is 5.07. The minimum Gasteiger partial charge on any atom is -0.444 e. The molecule has 3 amide bonds. The minimum absolute atomic E-state index is 0.214. The Bertz CT molecular complexity index is 547. The summed E-state index contributed by atoms with van der Waals surface area (Å²) >= 11 is 3.12. The predicted octanol–water partition coefficient (Wildman–Crippen LogP) is 0.845. The molecule has 0 unspecified atom stereocenters. The Morgan fingerprint density at radius 2 is 2.05 bits per heavy atom. The molecule has 19 heavy (non-hydrogen) atoms. The van der Waals surface area contributed by atoms with Crippen LogP contribution >= 0.6 is 15.9 Å². The number of nitrogens with zero attached hydrogens (tertiary/aromatic N) is 2. The SMILES string of the molecule is O=C(c1ccc(Br)o1)N1CC(N2C(=O)COC2=O)C1. The van der Waals surface area contributed by atoms with Gasteiger partial charge in [0.2, 0.25) is 0 Å². The normalized spacial score (nSPS) is 19.6. The zero-order valence-electron chi connectivity index (χ0n) is 9.67. The van der Waals surface area contributed by atoms with Gasteiger partial charge in [-0.3, -0.25) is 9.59 Å². The third-order valence-electron chi connectivity index (χ3n) is 3.08. The predicted molar refractivity (Wildman–Crippen MR) is 64.3 cm³/mol. The molecule has 2 aliphatic heterocycles. The van der Waals surface area contributed by atoms with E-state index in [1.165, 1.54) is 4.90 Å². The van der Waals surface area contributed by atoms with Crippen molar-refractivity contribution in [1.82, 2.24) is 9.80 Å². The summed E-state index contributed by atoms with van der Waals surface area (Å²) in [5.74, 6) is -0.398. The van der Waals surface area contributed by atoms with Crippen molar-refractivity contribution in [3.8, 4) is 0 Å². The van der Waals surface area contributed by atoms with Crippen molar-refractivity contribution in [3.63, 3.8) is 0 Å². The van der Waals surface area contributed by atoms with E-state index in [4.69, 9.17) is 4.42 Å². The van der Waals surface area contributed by atoms with E-state index < -0.39 is 6.09 Å². The van der Waals surface area contributed by atoms with Crippen LogP contribution in [-0.4, -0.2) is 53.4 Å². The van der Waals surface area contributed by atoms with Gasteiger partial charge in [-0.25, -0.2) is 9.69 Å². The Morgan fingerprint density at radius 1 is 1.32 bits per heavy atom. The average molecular weight is 329 g/mol. The van der Waals surface area contributed by atoms with Crippen LogP contribution in [0.4, 0.5) is 4.79 Å². The molecule has 1 aromatic heterocycles. The van der Waals surface area contributed by atoms with E-state index in [1.54, 1.807) is 12.1 Å². The van der Waals surface area contributed by atoms with E-state index in [2.05, 4.69) is 20.7 Å². The zero-order valence-corrected chi connectivity index (χ0v) is 11.3. The van der Waals surface area contributed by atoms with Gasteiger partial charge in [0.15, 0.2) is 17.0 Å². The van der Waals surface area contributed by atoms with E-state index in [9.17, 15) is 14.4 Å². The first-order valence-corrected chi connectivity index (χ1v) is 6.39. The molecule has 8 heteroatoms. The molecule has 0 saturated carbocycles. The van der Waals surface area contributed by atoms with Gasteiger partial charge in [0.25, 0.3) is 11.8 Å². The molecule has 2 aliphatic rings. The van der Waals surface area contributed by atoms with Crippen molar-refractivity contribution in [1.29, 1.82) is 0 Å². The number of hydrogen-bond donors (Lipinski definition) is 0. The van der Waals surface area contributed by atoms with Crippen LogP contribution in [0.3, 0.4) is 0 Å². The molecule has 2 fully saturated rings. The number of imide groups is 1. The number of carbonyl (C=O) groups is 3. The number of amides is 3. The Labute approximate surface area is 116 Å². The number of ether oxygens (including phenoxy) is 1. The Balaban J connectivity index is 1.62. The van der Waals surface area contributed by atoms with Crippen LogP contribution in [0.25, 0.3) is 0 Å². The highest BCUT2D eigenvalue weighted by Crippen LogP contribution is 2.23. The number of carbonyl (C=O) groups excluding carboxylic acids is 3. The largest absolute Gasteiger partial charge is 0.444 e. The van der Waals surface area contributed by atoms with E-state index in [0.717, 1.165) is 4.90 Å². The summed E-state index contributed by atoms with van der Waals surface area (Å²) in [6.45, 7) is 0.393. The first-order chi connectivity index (χ1) is 9.06. The lowest BCUT2D eigenvalue weighted by Crippen LogP contribution is -2.62. The highest BCUT2D eigenvalue weighted by molar-refractivity contribution is 9.10. The molecule has 0 aromatic carbocycles. The molecule has 0 aliphatic carbocycles. The van der Waals surface area contributed by atoms with E-state index >= 15 is 0 Å². The smallest absolute Gasteiger partial charge is 0.417 e. The molecular weight excluding hydrogens is 320 g/mol. The maximum Gasteiger partial charge on any atom is 0.417 e. The number of hydrogen-bond acceptors (Lipinski definition) is 5. The summed E-state index contributed by atoms with van der Waals surface area (Å²) in [4.78, 5) is 37.3. The van der Waals surface area contributed by atoms with Gasteiger partial charge in [-0.1, -0.05) is 0 Å². The molecule has 0 atom stereocenters. The van der Waals surface area contributed by atoms with Gasteiger partial charge in [0, 0.05) is 13.1 Å². The van der Waals surface area contributed by atoms with E-state index in [0.29, 0.717) is 17.8 Å². The summed E-state index contributed by atoms with van der Waals surface area (Å²) < 4.78 is 10.3. The highest BCUT2D eigenvalue weighted by Gasteiger charge is 2.44. The summed E-state index contributed by atoms with van der Waals surface area (Å²) in [5.41, 5.74) is 0. The minimum atomic E-state index is -0.636. The van der Waals surface area contributed by atoms with Crippen molar-refractivity contribution >= 4 is 33.8 Å². The summed E-state index contributed by atoms with van der Waals surface area (Å²) in [6.07, 6.45) is -0.636. The number of halogens is 1. The fraction of sp³-hybridized carbons (Fsp3) is 0.364. The van der Waals surface area contributed by atoms with Crippen molar-refractivity contribution < 1.29 is 23.5 Å². The first-order valence-electron chi connectivity index (χ1n) is 5.59. The number of furan rings is 1. The van der Waals surface area contributed by atoms with Gasteiger partial charge < -0.3 is 14.1 Å². The number of likely N-dealkylation sites (tertiary alicyclic amines) is 1. The maximum atomic E-state index is 12.0.